The van der Waals surface area contributed by atoms with Crippen LogP contribution in [-0.4, -0.2) is 70.3 Å². The van der Waals surface area contributed by atoms with E-state index in [1.54, 1.807) is 6.92 Å². The number of hydrogen-bond donors (Lipinski definition) is 5. The first-order valence-electron chi connectivity index (χ1n) is 12.3. The van der Waals surface area contributed by atoms with Gasteiger partial charge < -0.3 is 32.1 Å². The highest BCUT2D eigenvalue weighted by Crippen LogP contribution is 2.21. The number of aliphatic carboxylic acids is 1. The van der Waals surface area contributed by atoms with Gasteiger partial charge in [-0.3, -0.25) is 19.2 Å². The van der Waals surface area contributed by atoms with Crippen LogP contribution in [0.15, 0.2) is 30.3 Å². The van der Waals surface area contributed by atoms with Gasteiger partial charge in [-0.15, -0.1) is 0 Å². The van der Waals surface area contributed by atoms with Gasteiger partial charge in [0.05, 0.1) is 6.04 Å². The molecule has 11 heteroatoms. The molecule has 4 amide bonds. The predicted molar refractivity (Wildman–Crippen MR) is 132 cm³/mol. The minimum absolute atomic E-state index is 0.0482. The highest BCUT2D eigenvalue weighted by molar-refractivity contribution is 5.94. The maximum atomic E-state index is 13.4. The smallest absolute Gasteiger partial charge is 0.326 e. The fourth-order valence-electron chi connectivity index (χ4n) is 4.22. The van der Waals surface area contributed by atoms with Crippen molar-refractivity contribution in [2.24, 2.45) is 17.4 Å². The maximum Gasteiger partial charge on any atom is 0.326 e. The summed E-state index contributed by atoms with van der Waals surface area (Å²) in [6.45, 7) is 3.81. The number of carboxylic acid groups (broad SMARTS) is 1. The van der Waals surface area contributed by atoms with Gasteiger partial charge in [0.2, 0.25) is 23.6 Å². The van der Waals surface area contributed by atoms with Crippen LogP contribution in [0.4, 0.5) is 0 Å². The van der Waals surface area contributed by atoms with Crippen LogP contribution in [-0.2, 0) is 30.4 Å². The molecule has 2 rings (SSSR count). The van der Waals surface area contributed by atoms with E-state index in [1.165, 1.54) is 4.90 Å². The van der Waals surface area contributed by atoms with Crippen LogP contribution < -0.4 is 22.1 Å². The molecule has 0 saturated carbocycles. The van der Waals surface area contributed by atoms with Crippen LogP contribution in [0.2, 0.25) is 0 Å². The van der Waals surface area contributed by atoms with E-state index < -0.39 is 53.8 Å². The molecule has 36 heavy (non-hydrogen) atoms. The van der Waals surface area contributed by atoms with Crippen molar-refractivity contribution in [2.45, 2.75) is 76.5 Å². The second-order valence-corrected chi connectivity index (χ2v) is 9.26. The molecule has 0 aliphatic carbocycles. The number of hydrogen-bond acceptors (Lipinski definition) is 6. The van der Waals surface area contributed by atoms with Crippen LogP contribution in [0, 0.1) is 5.92 Å². The zero-order valence-electron chi connectivity index (χ0n) is 20.8. The number of nitrogens with one attached hydrogen (secondary N) is 2. The standard InChI is InChI=1S/C25H37N5O6/c1-3-15(2)21(25(35)36)29-23(33)19-10-7-13-30(19)24(34)18(11-12-20(27)31)28-22(32)17(26)14-16-8-5-4-6-9-16/h4-6,8-9,15,17-19,21H,3,7,10-14,26H2,1-2H3,(H2,27,31)(H,28,32)(H,29,33)(H,35,36). The monoisotopic (exact) mass is 503 g/mol. The third kappa shape index (κ3) is 8.04. The quantitative estimate of drug-likeness (QED) is 0.249. The van der Waals surface area contributed by atoms with Gasteiger partial charge in [-0.05, 0) is 37.2 Å². The number of nitrogens with zero attached hydrogens (tertiary/aromatic N) is 1. The number of carboxylic acids is 1. The number of likely N-dealkylation sites (tertiary alicyclic amines) is 1. The number of carbonyl (C=O) groups excluding carboxylic acids is 4. The van der Waals surface area contributed by atoms with E-state index in [-0.39, 0.29) is 31.7 Å². The van der Waals surface area contributed by atoms with Crippen molar-refractivity contribution >= 4 is 29.6 Å². The Kier molecular flexibility index (Phi) is 10.8. The van der Waals surface area contributed by atoms with E-state index in [1.807, 2.05) is 37.3 Å². The van der Waals surface area contributed by atoms with Crippen molar-refractivity contribution in [1.82, 2.24) is 15.5 Å². The summed E-state index contributed by atoms with van der Waals surface area (Å²) in [4.78, 5) is 63.6. The van der Waals surface area contributed by atoms with Crippen LogP contribution in [0.1, 0.15) is 51.5 Å². The van der Waals surface area contributed by atoms with Crippen LogP contribution >= 0.6 is 0 Å². The Labute approximate surface area is 211 Å². The minimum Gasteiger partial charge on any atom is -0.480 e. The van der Waals surface area contributed by atoms with Gasteiger partial charge >= 0.3 is 5.97 Å². The van der Waals surface area contributed by atoms with Crippen LogP contribution in [0.5, 0.6) is 0 Å². The molecule has 1 fully saturated rings. The molecular weight excluding hydrogens is 466 g/mol. The number of amides is 4. The Balaban J connectivity index is 2.13. The summed E-state index contributed by atoms with van der Waals surface area (Å²) in [6, 6.07) is 5.17. The van der Waals surface area contributed by atoms with Crippen molar-refractivity contribution in [3.8, 4) is 0 Å². The predicted octanol–water partition coefficient (Wildman–Crippen LogP) is -0.0868. The lowest BCUT2D eigenvalue weighted by molar-refractivity contribution is -0.146. The number of benzene rings is 1. The molecule has 1 aliphatic heterocycles. The van der Waals surface area contributed by atoms with E-state index in [0.29, 0.717) is 19.3 Å². The van der Waals surface area contributed by atoms with Crippen molar-refractivity contribution in [3.05, 3.63) is 35.9 Å². The average Bonchev–Trinajstić information content (AvgIpc) is 3.34. The third-order valence-electron chi connectivity index (χ3n) is 6.54. The second kappa shape index (κ2) is 13.6. The van der Waals surface area contributed by atoms with Crippen LogP contribution in [0.3, 0.4) is 0 Å². The molecule has 11 nitrogen and oxygen atoms in total. The van der Waals surface area contributed by atoms with Gasteiger partial charge in [0, 0.05) is 13.0 Å². The van der Waals surface area contributed by atoms with Gasteiger partial charge in [0.1, 0.15) is 18.1 Å². The second-order valence-electron chi connectivity index (χ2n) is 9.26. The lowest BCUT2D eigenvalue weighted by atomic mass is 9.98. The Bertz CT molecular complexity index is 940. The van der Waals surface area contributed by atoms with E-state index in [0.717, 1.165) is 5.56 Å². The van der Waals surface area contributed by atoms with E-state index >= 15 is 0 Å². The van der Waals surface area contributed by atoms with E-state index in [2.05, 4.69) is 10.6 Å². The highest BCUT2D eigenvalue weighted by Gasteiger charge is 2.39. The molecular formula is C25H37N5O6. The largest absolute Gasteiger partial charge is 0.480 e. The van der Waals surface area contributed by atoms with E-state index in [4.69, 9.17) is 11.5 Å². The van der Waals surface area contributed by atoms with Crippen molar-refractivity contribution in [1.29, 1.82) is 0 Å². The molecule has 198 valence electrons. The number of carbonyl (C=O) groups is 5. The number of rotatable bonds is 13. The Morgan fingerprint density at radius 2 is 1.81 bits per heavy atom. The van der Waals surface area contributed by atoms with Crippen molar-refractivity contribution in [2.75, 3.05) is 6.54 Å². The van der Waals surface area contributed by atoms with Gasteiger partial charge in [-0.25, -0.2) is 4.79 Å². The molecule has 1 aromatic rings. The first-order chi connectivity index (χ1) is 17.0. The van der Waals surface area contributed by atoms with Crippen LogP contribution in [0.25, 0.3) is 0 Å². The Hall–Kier alpha value is -3.47. The molecule has 0 bridgehead atoms. The fourth-order valence-corrected chi connectivity index (χ4v) is 4.22. The Morgan fingerprint density at radius 1 is 1.14 bits per heavy atom. The van der Waals surface area contributed by atoms with Crippen molar-refractivity contribution in [3.63, 3.8) is 0 Å². The summed E-state index contributed by atoms with van der Waals surface area (Å²) < 4.78 is 0. The molecule has 5 unspecified atom stereocenters. The summed E-state index contributed by atoms with van der Waals surface area (Å²) in [5, 5.41) is 14.7. The molecule has 1 heterocycles. The normalized spacial score (nSPS) is 18.5. The lowest BCUT2D eigenvalue weighted by Crippen LogP contribution is -2.57. The summed E-state index contributed by atoms with van der Waals surface area (Å²) >= 11 is 0. The Morgan fingerprint density at radius 3 is 2.39 bits per heavy atom. The topological polar surface area (TPSA) is 185 Å². The van der Waals surface area contributed by atoms with Gasteiger partial charge in [0.15, 0.2) is 0 Å². The van der Waals surface area contributed by atoms with Crippen molar-refractivity contribution < 1.29 is 29.1 Å². The van der Waals surface area contributed by atoms with E-state index in [9.17, 15) is 29.1 Å². The number of nitrogens with two attached hydrogens (primary N) is 2. The average molecular weight is 504 g/mol. The zero-order chi connectivity index (χ0) is 26.8. The summed E-state index contributed by atoms with van der Waals surface area (Å²) in [7, 11) is 0. The minimum atomic E-state index is -1.15. The first kappa shape index (κ1) is 28.8. The molecule has 0 spiro atoms. The summed E-state index contributed by atoms with van der Waals surface area (Å²) in [5.41, 5.74) is 12.2. The molecule has 5 atom stereocenters. The fraction of sp³-hybridized carbons (Fsp3) is 0.560. The molecule has 0 radical (unpaired) electrons. The first-order valence-corrected chi connectivity index (χ1v) is 12.3. The summed E-state index contributed by atoms with van der Waals surface area (Å²) in [6.07, 6.45) is 1.50. The molecule has 1 aromatic carbocycles. The van der Waals surface area contributed by atoms with Gasteiger partial charge in [-0.1, -0.05) is 50.6 Å². The molecule has 1 saturated heterocycles. The van der Waals surface area contributed by atoms with Gasteiger partial charge in [-0.2, -0.15) is 0 Å². The number of primary amides is 1. The third-order valence-corrected chi connectivity index (χ3v) is 6.54. The highest BCUT2D eigenvalue weighted by atomic mass is 16.4. The lowest BCUT2D eigenvalue weighted by Gasteiger charge is -2.30. The zero-order valence-corrected chi connectivity index (χ0v) is 20.8. The summed E-state index contributed by atoms with van der Waals surface area (Å²) in [5.74, 6) is -3.74. The van der Waals surface area contributed by atoms with Gasteiger partial charge in [0.25, 0.3) is 0 Å². The maximum absolute atomic E-state index is 13.4. The molecule has 0 aromatic heterocycles. The molecule has 1 aliphatic rings. The SMILES string of the molecule is CCC(C)C(NC(=O)C1CCCN1C(=O)C(CCC(N)=O)NC(=O)C(N)Cc1ccccc1)C(=O)O. The molecule has 7 N–H and O–H groups in total.